The molecule has 1 amide bonds. The predicted molar refractivity (Wildman–Crippen MR) is 66.7 cm³/mol. The van der Waals surface area contributed by atoms with Gasteiger partial charge < -0.3 is 14.8 Å². The summed E-state index contributed by atoms with van der Waals surface area (Å²) < 4.78 is 9.22. The van der Waals surface area contributed by atoms with Gasteiger partial charge in [-0.2, -0.15) is 0 Å². The van der Waals surface area contributed by atoms with Crippen LogP contribution in [-0.2, 0) is 14.3 Å². The van der Waals surface area contributed by atoms with Gasteiger partial charge in [0.15, 0.2) is 0 Å². The third-order valence-electron chi connectivity index (χ3n) is 2.27. The summed E-state index contributed by atoms with van der Waals surface area (Å²) in [5, 5.41) is 2.42. The molecule has 102 valence electrons. The highest BCUT2D eigenvalue weighted by Crippen LogP contribution is 2.05. The Morgan fingerprint density at radius 1 is 1.11 bits per heavy atom. The minimum Gasteiger partial charge on any atom is -0.465 e. The van der Waals surface area contributed by atoms with Gasteiger partial charge in [-0.25, -0.2) is 4.79 Å². The van der Waals surface area contributed by atoms with Crippen LogP contribution < -0.4 is 5.32 Å². The van der Waals surface area contributed by atoms with Crippen LogP contribution in [0.15, 0.2) is 24.3 Å². The normalized spacial score (nSPS) is 9.58. The van der Waals surface area contributed by atoms with Gasteiger partial charge in [-0.05, 0) is 31.2 Å². The summed E-state index contributed by atoms with van der Waals surface area (Å²) in [4.78, 5) is 33.9. The standard InChI is InChI=1S/C13H15NO5/c1-3-19-11(15)8-14-12(16)9-4-6-10(7-5-9)13(17)18-2/h4-7H,3,8H2,1-2H3,(H,14,16). The maximum Gasteiger partial charge on any atom is 0.337 e. The average molecular weight is 265 g/mol. The smallest absolute Gasteiger partial charge is 0.337 e. The number of benzene rings is 1. The van der Waals surface area contributed by atoms with Crippen molar-refractivity contribution < 1.29 is 23.9 Å². The van der Waals surface area contributed by atoms with Crippen molar-refractivity contribution in [2.75, 3.05) is 20.3 Å². The molecule has 0 aromatic heterocycles. The minimum atomic E-state index is -0.498. The molecule has 0 spiro atoms. The van der Waals surface area contributed by atoms with E-state index in [1.807, 2.05) is 0 Å². The number of hydrogen-bond donors (Lipinski definition) is 1. The Morgan fingerprint density at radius 2 is 1.68 bits per heavy atom. The highest BCUT2D eigenvalue weighted by Gasteiger charge is 2.10. The van der Waals surface area contributed by atoms with Crippen molar-refractivity contribution in [3.05, 3.63) is 35.4 Å². The second-order valence-corrected chi connectivity index (χ2v) is 3.56. The number of carbonyl (C=O) groups excluding carboxylic acids is 3. The highest BCUT2D eigenvalue weighted by atomic mass is 16.5. The van der Waals surface area contributed by atoms with Crippen molar-refractivity contribution in [3.8, 4) is 0 Å². The van der Waals surface area contributed by atoms with Gasteiger partial charge in [-0.15, -0.1) is 0 Å². The van der Waals surface area contributed by atoms with E-state index in [1.165, 1.54) is 31.4 Å². The van der Waals surface area contributed by atoms with Crippen molar-refractivity contribution in [2.45, 2.75) is 6.92 Å². The van der Waals surface area contributed by atoms with Crippen LogP contribution in [0, 0.1) is 0 Å². The molecule has 1 aromatic carbocycles. The zero-order valence-electron chi connectivity index (χ0n) is 10.8. The molecule has 0 fully saturated rings. The van der Waals surface area contributed by atoms with Crippen molar-refractivity contribution in [2.24, 2.45) is 0 Å². The van der Waals surface area contributed by atoms with Gasteiger partial charge in [0.1, 0.15) is 6.54 Å². The van der Waals surface area contributed by atoms with Crippen LogP contribution in [-0.4, -0.2) is 38.1 Å². The van der Waals surface area contributed by atoms with Gasteiger partial charge in [-0.1, -0.05) is 0 Å². The molecule has 0 aliphatic rings. The second-order valence-electron chi connectivity index (χ2n) is 3.56. The lowest BCUT2D eigenvalue weighted by atomic mass is 10.1. The zero-order valence-corrected chi connectivity index (χ0v) is 10.8. The van der Waals surface area contributed by atoms with Gasteiger partial charge in [0, 0.05) is 5.56 Å². The maximum atomic E-state index is 11.7. The fraction of sp³-hybridized carbons (Fsp3) is 0.308. The molecular weight excluding hydrogens is 250 g/mol. The molecule has 0 aliphatic carbocycles. The second kappa shape index (κ2) is 7.15. The van der Waals surface area contributed by atoms with Crippen LogP contribution in [0.5, 0.6) is 0 Å². The van der Waals surface area contributed by atoms with E-state index in [0.29, 0.717) is 11.1 Å². The van der Waals surface area contributed by atoms with Gasteiger partial charge in [0.2, 0.25) is 0 Å². The highest BCUT2D eigenvalue weighted by molar-refractivity contribution is 5.97. The topological polar surface area (TPSA) is 81.7 Å². The molecular formula is C13H15NO5. The summed E-state index contributed by atoms with van der Waals surface area (Å²) in [6.07, 6.45) is 0. The van der Waals surface area contributed by atoms with Crippen molar-refractivity contribution >= 4 is 17.8 Å². The molecule has 1 aromatic rings. The molecule has 0 bridgehead atoms. The molecule has 0 unspecified atom stereocenters. The number of ether oxygens (including phenoxy) is 2. The summed E-state index contributed by atoms with van der Waals surface area (Å²) in [7, 11) is 1.28. The van der Waals surface area contributed by atoms with Crippen LogP contribution >= 0.6 is 0 Å². The number of amides is 1. The van der Waals surface area contributed by atoms with E-state index in [9.17, 15) is 14.4 Å². The monoisotopic (exact) mass is 265 g/mol. The van der Waals surface area contributed by atoms with Gasteiger partial charge >= 0.3 is 11.9 Å². The first-order chi connectivity index (χ1) is 9.08. The van der Waals surface area contributed by atoms with E-state index in [0.717, 1.165) is 0 Å². The first-order valence-corrected chi connectivity index (χ1v) is 5.70. The number of esters is 2. The number of carbonyl (C=O) groups is 3. The maximum absolute atomic E-state index is 11.7. The first kappa shape index (κ1) is 14.7. The summed E-state index contributed by atoms with van der Waals surface area (Å²) in [5.41, 5.74) is 0.696. The van der Waals surface area contributed by atoms with E-state index in [-0.39, 0.29) is 13.2 Å². The SMILES string of the molecule is CCOC(=O)CNC(=O)c1ccc(C(=O)OC)cc1. The molecule has 6 heteroatoms. The summed E-state index contributed by atoms with van der Waals surface area (Å²) >= 11 is 0. The summed E-state index contributed by atoms with van der Waals surface area (Å²) in [6.45, 7) is 1.76. The molecule has 6 nitrogen and oxygen atoms in total. The first-order valence-electron chi connectivity index (χ1n) is 5.70. The number of nitrogens with one attached hydrogen (secondary N) is 1. The number of methoxy groups -OCH3 is 1. The molecule has 0 aliphatic heterocycles. The summed E-state index contributed by atoms with van der Waals surface area (Å²) in [6, 6.07) is 5.91. The fourth-order valence-electron chi connectivity index (χ4n) is 1.34. The third kappa shape index (κ3) is 4.42. The lowest BCUT2D eigenvalue weighted by Gasteiger charge is -2.05. The molecule has 0 heterocycles. The molecule has 0 radical (unpaired) electrons. The van der Waals surface area contributed by atoms with Crippen LogP contribution in [0.2, 0.25) is 0 Å². The quantitative estimate of drug-likeness (QED) is 0.795. The van der Waals surface area contributed by atoms with E-state index >= 15 is 0 Å². The van der Waals surface area contributed by atoms with Crippen molar-refractivity contribution in [1.82, 2.24) is 5.32 Å². The van der Waals surface area contributed by atoms with E-state index in [1.54, 1.807) is 6.92 Å². The molecule has 19 heavy (non-hydrogen) atoms. The average Bonchev–Trinajstić information content (AvgIpc) is 2.44. The Balaban J connectivity index is 2.58. The minimum absolute atomic E-state index is 0.189. The van der Waals surface area contributed by atoms with Gasteiger partial charge in [0.25, 0.3) is 5.91 Å². The van der Waals surface area contributed by atoms with Crippen molar-refractivity contribution in [3.63, 3.8) is 0 Å². The van der Waals surface area contributed by atoms with Crippen LogP contribution in [0.1, 0.15) is 27.6 Å². The molecule has 0 saturated heterocycles. The third-order valence-corrected chi connectivity index (χ3v) is 2.27. The Hall–Kier alpha value is -2.37. The molecule has 0 saturated carbocycles. The number of hydrogen-bond acceptors (Lipinski definition) is 5. The van der Waals surface area contributed by atoms with Crippen LogP contribution in [0.3, 0.4) is 0 Å². The zero-order chi connectivity index (χ0) is 14.3. The molecule has 0 atom stereocenters. The Morgan fingerprint density at radius 3 is 2.21 bits per heavy atom. The van der Waals surface area contributed by atoms with E-state index in [2.05, 4.69) is 14.8 Å². The predicted octanol–water partition coefficient (Wildman–Crippen LogP) is 0.766. The van der Waals surface area contributed by atoms with Crippen LogP contribution in [0.4, 0.5) is 0 Å². The molecule has 1 N–H and O–H groups in total. The fourth-order valence-corrected chi connectivity index (χ4v) is 1.34. The Kier molecular flexibility index (Phi) is 5.53. The Labute approximate surface area is 110 Å². The number of rotatable bonds is 5. The Bertz CT molecular complexity index is 466. The lowest BCUT2D eigenvalue weighted by Crippen LogP contribution is -2.30. The van der Waals surface area contributed by atoms with Gasteiger partial charge in [-0.3, -0.25) is 9.59 Å². The van der Waals surface area contributed by atoms with Crippen molar-refractivity contribution in [1.29, 1.82) is 0 Å². The van der Waals surface area contributed by atoms with Crippen LogP contribution in [0.25, 0.3) is 0 Å². The van der Waals surface area contributed by atoms with E-state index < -0.39 is 17.8 Å². The van der Waals surface area contributed by atoms with Gasteiger partial charge in [0.05, 0.1) is 19.3 Å². The van der Waals surface area contributed by atoms with E-state index in [4.69, 9.17) is 0 Å². The molecule has 1 rings (SSSR count). The summed E-state index contributed by atoms with van der Waals surface area (Å²) in [5.74, 6) is -1.38. The lowest BCUT2D eigenvalue weighted by molar-refractivity contribution is -0.141. The largest absolute Gasteiger partial charge is 0.465 e.